The van der Waals surface area contributed by atoms with E-state index < -0.39 is 0 Å². The minimum absolute atomic E-state index is 0.163. The van der Waals surface area contributed by atoms with Crippen LogP contribution in [0.5, 0.6) is 0 Å². The quantitative estimate of drug-likeness (QED) is 0.552. The van der Waals surface area contributed by atoms with Crippen molar-refractivity contribution >= 4 is 5.78 Å². The molecule has 0 fully saturated rings. The molecule has 0 saturated carbocycles. The van der Waals surface area contributed by atoms with Crippen LogP contribution in [-0.4, -0.2) is 5.78 Å². The predicted molar refractivity (Wildman–Crippen MR) is 48.7 cm³/mol. The molecule has 2 heteroatoms. The van der Waals surface area contributed by atoms with E-state index in [0.29, 0.717) is 5.56 Å². The van der Waals surface area contributed by atoms with E-state index in [2.05, 4.69) is 11.8 Å². The SMILES string of the molecule is CC(=O)C#Cc1ccc(C#N)cc1. The summed E-state index contributed by atoms with van der Waals surface area (Å²) >= 11 is 0. The first kappa shape index (κ1) is 9.03. The van der Waals surface area contributed by atoms with Crippen LogP contribution in [0.25, 0.3) is 0 Å². The van der Waals surface area contributed by atoms with Crippen molar-refractivity contribution in [1.82, 2.24) is 0 Å². The molecule has 0 N–H and O–H groups in total. The first-order valence-corrected chi connectivity index (χ1v) is 3.75. The Bertz CT molecular complexity index is 412. The fourth-order valence-electron chi connectivity index (χ4n) is 0.788. The Labute approximate surface area is 76.8 Å². The van der Waals surface area contributed by atoms with Gasteiger partial charge in [-0.3, -0.25) is 4.79 Å². The lowest BCUT2D eigenvalue weighted by Crippen LogP contribution is -1.82. The van der Waals surface area contributed by atoms with Gasteiger partial charge >= 0.3 is 0 Å². The third-order valence-corrected chi connectivity index (χ3v) is 1.40. The van der Waals surface area contributed by atoms with Crippen molar-refractivity contribution in [3.8, 4) is 17.9 Å². The molecule has 2 nitrogen and oxygen atoms in total. The van der Waals surface area contributed by atoms with Crippen LogP contribution in [0.2, 0.25) is 0 Å². The van der Waals surface area contributed by atoms with Crippen LogP contribution >= 0.6 is 0 Å². The smallest absolute Gasteiger partial charge is 0.202 e. The van der Waals surface area contributed by atoms with Gasteiger partial charge in [-0.05, 0) is 30.2 Å². The van der Waals surface area contributed by atoms with Gasteiger partial charge in [0.25, 0.3) is 0 Å². The van der Waals surface area contributed by atoms with E-state index in [1.165, 1.54) is 6.92 Å². The summed E-state index contributed by atoms with van der Waals surface area (Å²) in [4.78, 5) is 10.5. The Kier molecular flexibility index (Phi) is 2.84. The molecule has 1 aromatic rings. The molecule has 13 heavy (non-hydrogen) atoms. The maximum Gasteiger partial charge on any atom is 0.202 e. The van der Waals surface area contributed by atoms with E-state index in [0.717, 1.165) is 5.56 Å². The van der Waals surface area contributed by atoms with Gasteiger partial charge in [-0.1, -0.05) is 5.92 Å². The molecule has 0 saturated heterocycles. The van der Waals surface area contributed by atoms with Gasteiger partial charge in [-0.2, -0.15) is 5.26 Å². The van der Waals surface area contributed by atoms with Crippen molar-refractivity contribution in [3.05, 3.63) is 35.4 Å². The number of hydrogen-bond acceptors (Lipinski definition) is 2. The number of Topliss-reactive ketones (excluding diaryl/α,β-unsaturated/α-hetero) is 1. The molecule has 0 aliphatic carbocycles. The van der Waals surface area contributed by atoms with E-state index in [9.17, 15) is 4.79 Å². The van der Waals surface area contributed by atoms with Crippen molar-refractivity contribution in [2.24, 2.45) is 0 Å². The lowest BCUT2D eigenvalue weighted by molar-refractivity contribution is -0.111. The number of rotatable bonds is 0. The summed E-state index contributed by atoms with van der Waals surface area (Å²) in [6.07, 6.45) is 0. The van der Waals surface area contributed by atoms with Gasteiger partial charge in [0.05, 0.1) is 11.6 Å². The first-order chi connectivity index (χ1) is 6.22. The monoisotopic (exact) mass is 169 g/mol. The molecular weight excluding hydrogens is 162 g/mol. The van der Waals surface area contributed by atoms with Crippen LogP contribution in [0.4, 0.5) is 0 Å². The van der Waals surface area contributed by atoms with E-state index in [-0.39, 0.29) is 5.78 Å². The van der Waals surface area contributed by atoms with Gasteiger partial charge in [0.1, 0.15) is 0 Å². The summed E-state index contributed by atoms with van der Waals surface area (Å²) < 4.78 is 0. The number of carbonyl (C=O) groups is 1. The minimum Gasteiger partial charge on any atom is -0.285 e. The van der Waals surface area contributed by atoms with Crippen LogP contribution < -0.4 is 0 Å². The average molecular weight is 169 g/mol. The fourth-order valence-corrected chi connectivity index (χ4v) is 0.788. The molecule has 0 aliphatic rings. The van der Waals surface area contributed by atoms with Crippen molar-refractivity contribution < 1.29 is 4.79 Å². The lowest BCUT2D eigenvalue weighted by atomic mass is 10.1. The van der Waals surface area contributed by atoms with Crippen LogP contribution in [-0.2, 0) is 4.79 Å². The van der Waals surface area contributed by atoms with Gasteiger partial charge < -0.3 is 0 Å². The standard InChI is InChI=1S/C11H7NO/c1-9(13)2-3-10-4-6-11(8-12)7-5-10/h4-7H,1H3. The summed E-state index contributed by atoms with van der Waals surface area (Å²) in [5.74, 6) is 4.95. The second-order valence-electron chi connectivity index (χ2n) is 2.50. The second-order valence-corrected chi connectivity index (χ2v) is 2.50. The first-order valence-electron chi connectivity index (χ1n) is 3.75. The Morgan fingerprint density at radius 2 is 1.77 bits per heavy atom. The predicted octanol–water partition coefficient (Wildman–Crippen LogP) is 1.50. The van der Waals surface area contributed by atoms with Gasteiger partial charge in [0.15, 0.2) is 0 Å². The lowest BCUT2D eigenvalue weighted by Gasteiger charge is -1.88. The Morgan fingerprint density at radius 3 is 2.23 bits per heavy atom. The highest BCUT2D eigenvalue weighted by Crippen LogP contribution is 2.00. The van der Waals surface area contributed by atoms with Crippen LogP contribution in [0, 0.1) is 23.2 Å². The largest absolute Gasteiger partial charge is 0.285 e. The van der Waals surface area contributed by atoms with E-state index >= 15 is 0 Å². The average Bonchev–Trinajstić information content (AvgIpc) is 2.15. The molecule has 62 valence electrons. The topological polar surface area (TPSA) is 40.9 Å². The highest BCUT2D eigenvalue weighted by atomic mass is 16.1. The van der Waals surface area contributed by atoms with Crippen molar-refractivity contribution in [3.63, 3.8) is 0 Å². The number of benzene rings is 1. The summed E-state index contributed by atoms with van der Waals surface area (Å²) in [5.41, 5.74) is 1.34. The highest BCUT2D eigenvalue weighted by molar-refractivity contribution is 5.93. The third kappa shape index (κ3) is 2.81. The van der Waals surface area contributed by atoms with Crippen LogP contribution in [0.3, 0.4) is 0 Å². The molecule has 0 spiro atoms. The van der Waals surface area contributed by atoms with Crippen LogP contribution in [0.1, 0.15) is 18.1 Å². The fraction of sp³-hybridized carbons (Fsp3) is 0.0909. The van der Waals surface area contributed by atoms with E-state index in [1.54, 1.807) is 24.3 Å². The van der Waals surface area contributed by atoms with Gasteiger partial charge in [0.2, 0.25) is 5.78 Å². The van der Waals surface area contributed by atoms with Gasteiger partial charge in [-0.15, -0.1) is 0 Å². The Balaban J connectivity index is 2.90. The maximum absolute atomic E-state index is 10.5. The summed E-state index contributed by atoms with van der Waals surface area (Å²) in [6, 6.07) is 8.78. The summed E-state index contributed by atoms with van der Waals surface area (Å²) in [5, 5.41) is 8.51. The molecule has 0 amide bonds. The molecule has 0 heterocycles. The maximum atomic E-state index is 10.5. The van der Waals surface area contributed by atoms with Gasteiger partial charge in [-0.25, -0.2) is 0 Å². The van der Waals surface area contributed by atoms with Gasteiger partial charge in [0, 0.05) is 12.5 Å². The molecule has 0 unspecified atom stereocenters. The number of ketones is 1. The number of hydrogen-bond donors (Lipinski definition) is 0. The molecule has 0 atom stereocenters. The molecule has 0 aliphatic heterocycles. The van der Waals surface area contributed by atoms with E-state index in [1.807, 2.05) is 6.07 Å². The molecule has 1 aromatic carbocycles. The molecule has 1 rings (SSSR count). The molecule has 0 bridgehead atoms. The highest BCUT2D eigenvalue weighted by Gasteiger charge is 1.89. The number of nitrogens with zero attached hydrogens (tertiary/aromatic N) is 1. The molecule has 0 radical (unpaired) electrons. The number of nitriles is 1. The van der Waals surface area contributed by atoms with Crippen LogP contribution in [0.15, 0.2) is 24.3 Å². The zero-order valence-electron chi connectivity index (χ0n) is 7.16. The molecular formula is C11H7NO. The normalized spacial score (nSPS) is 8.00. The van der Waals surface area contributed by atoms with Crippen molar-refractivity contribution in [2.45, 2.75) is 6.92 Å². The summed E-state index contributed by atoms with van der Waals surface area (Å²) in [7, 11) is 0. The van der Waals surface area contributed by atoms with Crippen molar-refractivity contribution in [2.75, 3.05) is 0 Å². The van der Waals surface area contributed by atoms with E-state index in [4.69, 9.17) is 5.26 Å². The third-order valence-electron chi connectivity index (χ3n) is 1.40. The summed E-state index contributed by atoms with van der Waals surface area (Å²) in [6.45, 7) is 1.41. The number of carbonyl (C=O) groups excluding carboxylic acids is 1. The second kappa shape index (κ2) is 4.09. The zero-order valence-corrected chi connectivity index (χ0v) is 7.16. The van der Waals surface area contributed by atoms with Crippen molar-refractivity contribution in [1.29, 1.82) is 5.26 Å². The zero-order chi connectivity index (χ0) is 9.68. The molecule has 0 aromatic heterocycles. The minimum atomic E-state index is -0.163. The Morgan fingerprint density at radius 1 is 1.23 bits per heavy atom. The Hall–Kier alpha value is -2.06.